The maximum atomic E-state index is 13.4. The minimum absolute atomic E-state index is 0.0338. The summed E-state index contributed by atoms with van der Waals surface area (Å²) in [4.78, 5) is 40.0. The number of carbonyl (C=O) groups excluding carboxylic acids is 3. The summed E-state index contributed by atoms with van der Waals surface area (Å²) in [5.74, 6) is 0.164. The number of anilines is 1. The molecule has 1 saturated carbocycles. The zero-order valence-corrected chi connectivity index (χ0v) is 20.6. The summed E-state index contributed by atoms with van der Waals surface area (Å²) in [5.41, 5.74) is 1.88. The molecule has 1 aliphatic carbocycles. The first-order chi connectivity index (χ1) is 17.5. The lowest BCUT2D eigenvalue weighted by molar-refractivity contribution is -0.135. The number of fused-ring (bicyclic) bond motifs is 2. The lowest BCUT2D eigenvalue weighted by atomic mass is 9.92. The van der Waals surface area contributed by atoms with Gasteiger partial charge in [0.2, 0.25) is 11.8 Å². The number of amides is 3. The summed E-state index contributed by atoms with van der Waals surface area (Å²) in [7, 11) is 1.78. The van der Waals surface area contributed by atoms with Crippen molar-refractivity contribution in [1.82, 2.24) is 10.2 Å². The van der Waals surface area contributed by atoms with Crippen molar-refractivity contribution >= 4 is 23.4 Å². The van der Waals surface area contributed by atoms with Crippen molar-refractivity contribution in [2.24, 2.45) is 0 Å². The van der Waals surface area contributed by atoms with Crippen LogP contribution in [0.4, 0.5) is 5.69 Å². The highest BCUT2D eigenvalue weighted by atomic mass is 16.5. The summed E-state index contributed by atoms with van der Waals surface area (Å²) < 4.78 is 12.3. The third kappa shape index (κ3) is 5.54. The molecule has 2 aliphatic heterocycles. The van der Waals surface area contributed by atoms with Crippen LogP contribution in [0.15, 0.2) is 48.5 Å². The molecule has 3 aliphatic rings. The van der Waals surface area contributed by atoms with Crippen LogP contribution >= 0.6 is 0 Å². The van der Waals surface area contributed by atoms with Crippen molar-refractivity contribution in [2.75, 3.05) is 19.0 Å². The molecule has 3 amide bonds. The number of nitrogens with one attached hydrogen (secondary N) is 2. The summed E-state index contributed by atoms with van der Waals surface area (Å²) in [6, 6.07) is 14.8. The number of hydrogen-bond acceptors (Lipinski definition) is 5. The summed E-state index contributed by atoms with van der Waals surface area (Å²) >= 11 is 0. The van der Waals surface area contributed by atoms with Crippen LogP contribution in [0.2, 0.25) is 0 Å². The molecule has 2 fully saturated rings. The van der Waals surface area contributed by atoms with Gasteiger partial charge in [-0.05, 0) is 55.9 Å². The molecule has 3 atom stereocenters. The summed E-state index contributed by atoms with van der Waals surface area (Å²) in [5, 5.41) is 5.96. The Hall–Kier alpha value is -3.39. The van der Waals surface area contributed by atoms with Gasteiger partial charge in [-0.15, -0.1) is 0 Å². The molecule has 8 heteroatoms. The van der Waals surface area contributed by atoms with E-state index in [0.29, 0.717) is 35.9 Å². The van der Waals surface area contributed by atoms with Crippen LogP contribution in [-0.4, -0.2) is 60.6 Å². The molecule has 8 nitrogen and oxygen atoms in total. The van der Waals surface area contributed by atoms with Crippen LogP contribution in [0.1, 0.15) is 54.4 Å². The number of benzene rings is 2. The summed E-state index contributed by atoms with van der Waals surface area (Å²) in [6.45, 7) is 0.287. The van der Waals surface area contributed by atoms with Gasteiger partial charge in [0.05, 0.1) is 30.6 Å². The zero-order valence-electron chi connectivity index (χ0n) is 20.6. The molecule has 2 aromatic carbocycles. The minimum Gasteiger partial charge on any atom is -0.490 e. The molecule has 36 heavy (non-hydrogen) atoms. The number of ether oxygens (including phenoxy) is 2. The first-order valence-corrected chi connectivity index (χ1v) is 12.8. The van der Waals surface area contributed by atoms with E-state index in [4.69, 9.17) is 9.47 Å². The van der Waals surface area contributed by atoms with E-state index >= 15 is 0 Å². The topological polar surface area (TPSA) is 97.0 Å². The van der Waals surface area contributed by atoms with Crippen LogP contribution in [0.25, 0.3) is 0 Å². The SMILES string of the molecule is CN1C(=O)c2cc(NC(=O)Cc3ccccc3)ccc2OC[C@H]2O[C@@H](CC(=O)NC3CCC3)CC[C@H]21. The number of nitrogens with zero attached hydrogens (tertiary/aromatic N) is 1. The highest BCUT2D eigenvalue weighted by molar-refractivity contribution is 6.00. The molecule has 2 heterocycles. The average molecular weight is 492 g/mol. The van der Waals surface area contributed by atoms with E-state index in [2.05, 4.69) is 10.6 Å². The highest BCUT2D eigenvalue weighted by Crippen LogP contribution is 2.32. The number of carbonyl (C=O) groups is 3. The maximum absolute atomic E-state index is 13.4. The molecule has 5 rings (SSSR count). The Balaban J connectivity index is 1.23. The van der Waals surface area contributed by atoms with Gasteiger partial charge in [-0.1, -0.05) is 30.3 Å². The summed E-state index contributed by atoms with van der Waals surface area (Å²) in [6.07, 6.45) is 4.83. The van der Waals surface area contributed by atoms with E-state index in [9.17, 15) is 14.4 Å². The Bertz CT molecular complexity index is 1120. The second-order valence-electron chi connectivity index (χ2n) is 9.99. The molecule has 1 saturated heterocycles. The van der Waals surface area contributed by atoms with Gasteiger partial charge in [0.1, 0.15) is 18.5 Å². The smallest absolute Gasteiger partial charge is 0.257 e. The Morgan fingerprint density at radius 2 is 1.83 bits per heavy atom. The molecule has 0 spiro atoms. The van der Waals surface area contributed by atoms with Gasteiger partial charge in [-0.25, -0.2) is 0 Å². The van der Waals surface area contributed by atoms with Crippen LogP contribution in [0.3, 0.4) is 0 Å². The fraction of sp³-hybridized carbons (Fsp3) is 0.464. The molecule has 0 radical (unpaired) electrons. The normalized spacial score (nSPS) is 23.8. The number of rotatable bonds is 6. The van der Waals surface area contributed by atoms with E-state index in [1.165, 1.54) is 6.42 Å². The van der Waals surface area contributed by atoms with E-state index < -0.39 is 0 Å². The Kier molecular flexibility index (Phi) is 7.23. The van der Waals surface area contributed by atoms with E-state index in [1.54, 1.807) is 30.1 Å². The van der Waals surface area contributed by atoms with Crippen molar-refractivity contribution in [3.05, 3.63) is 59.7 Å². The maximum Gasteiger partial charge on any atom is 0.257 e. The van der Waals surface area contributed by atoms with E-state index in [0.717, 1.165) is 24.8 Å². The first kappa shape index (κ1) is 24.3. The second-order valence-corrected chi connectivity index (χ2v) is 9.99. The van der Waals surface area contributed by atoms with Crippen molar-refractivity contribution in [1.29, 1.82) is 0 Å². The fourth-order valence-corrected chi connectivity index (χ4v) is 5.14. The van der Waals surface area contributed by atoms with Crippen LogP contribution in [0, 0.1) is 0 Å². The zero-order chi connectivity index (χ0) is 25.1. The van der Waals surface area contributed by atoms with E-state index in [1.807, 2.05) is 30.3 Å². The molecular weight excluding hydrogens is 458 g/mol. The predicted octanol–water partition coefficient (Wildman–Crippen LogP) is 3.31. The number of hydrogen-bond donors (Lipinski definition) is 2. The molecule has 190 valence electrons. The lowest BCUT2D eigenvalue weighted by Crippen LogP contribution is -2.54. The Morgan fingerprint density at radius 3 is 2.58 bits per heavy atom. The highest BCUT2D eigenvalue weighted by Gasteiger charge is 2.39. The van der Waals surface area contributed by atoms with Crippen LogP contribution in [-0.2, 0) is 20.7 Å². The molecule has 2 aromatic rings. The third-order valence-corrected chi connectivity index (χ3v) is 7.39. The van der Waals surface area contributed by atoms with Gasteiger partial charge >= 0.3 is 0 Å². The second kappa shape index (κ2) is 10.7. The number of likely N-dealkylation sites (N-methyl/N-ethyl adjacent to an activating group) is 1. The Morgan fingerprint density at radius 1 is 1.03 bits per heavy atom. The molecular formula is C28H33N3O5. The monoisotopic (exact) mass is 491 g/mol. The predicted molar refractivity (Wildman–Crippen MR) is 135 cm³/mol. The van der Waals surface area contributed by atoms with Crippen LogP contribution < -0.4 is 15.4 Å². The molecule has 2 N–H and O–H groups in total. The minimum atomic E-state index is -0.312. The van der Waals surface area contributed by atoms with Crippen LogP contribution in [0.5, 0.6) is 5.75 Å². The van der Waals surface area contributed by atoms with Gasteiger partial charge < -0.3 is 25.0 Å². The molecule has 0 bridgehead atoms. The van der Waals surface area contributed by atoms with Crippen molar-refractivity contribution in [3.8, 4) is 5.75 Å². The standard InChI is InChI=1S/C28H33N3O5/c1-31-23-12-11-21(16-27(33)29-19-8-5-9-19)36-25(23)17-35-24-13-10-20(15-22(24)28(31)34)30-26(32)14-18-6-3-2-4-7-18/h2-4,6-7,10,13,15,19,21,23,25H,5,8-9,11-12,14,16-17H2,1H3,(H,29,33)(H,30,32)/t21-,23-,25-/m1/s1. The van der Waals surface area contributed by atoms with Gasteiger partial charge in [0.25, 0.3) is 5.91 Å². The first-order valence-electron chi connectivity index (χ1n) is 12.8. The lowest BCUT2D eigenvalue weighted by Gasteiger charge is -2.42. The fourth-order valence-electron chi connectivity index (χ4n) is 5.14. The third-order valence-electron chi connectivity index (χ3n) is 7.39. The largest absolute Gasteiger partial charge is 0.490 e. The van der Waals surface area contributed by atoms with E-state index in [-0.39, 0.29) is 49.0 Å². The van der Waals surface area contributed by atoms with Gasteiger partial charge in [-0.3, -0.25) is 14.4 Å². The molecule has 0 unspecified atom stereocenters. The Labute approximate surface area is 211 Å². The molecule has 0 aromatic heterocycles. The van der Waals surface area contributed by atoms with Gasteiger partial charge in [0, 0.05) is 18.8 Å². The van der Waals surface area contributed by atoms with Crippen molar-refractivity contribution in [2.45, 2.75) is 69.2 Å². The van der Waals surface area contributed by atoms with Gasteiger partial charge in [-0.2, -0.15) is 0 Å². The van der Waals surface area contributed by atoms with Gasteiger partial charge in [0.15, 0.2) is 0 Å². The van der Waals surface area contributed by atoms with Crippen molar-refractivity contribution < 1.29 is 23.9 Å². The quantitative estimate of drug-likeness (QED) is 0.646. The average Bonchev–Trinajstić information content (AvgIpc) is 2.84. The van der Waals surface area contributed by atoms with Crippen molar-refractivity contribution in [3.63, 3.8) is 0 Å².